The molecule has 0 aromatic rings. The van der Waals surface area contributed by atoms with Crippen LogP contribution < -0.4 is 0 Å². The molecule has 6 nitrogen and oxygen atoms in total. The Morgan fingerprint density at radius 1 is 0.386 bits per heavy atom. The Kier molecular flexibility index (Phi) is 42.1. The highest BCUT2D eigenvalue weighted by Gasteiger charge is 2.19. The van der Waals surface area contributed by atoms with Gasteiger partial charge in [0.25, 0.3) is 0 Å². The summed E-state index contributed by atoms with van der Waals surface area (Å²) in [7, 11) is 0. The Balaban J connectivity index is 4.48. The van der Waals surface area contributed by atoms with Crippen LogP contribution in [0.25, 0.3) is 0 Å². The van der Waals surface area contributed by atoms with E-state index in [9.17, 15) is 14.4 Å². The number of rotatable bonds is 39. The third-order valence-corrected chi connectivity index (χ3v) is 9.14. The lowest BCUT2D eigenvalue weighted by Crippen LogP contribution is -2.30. The van der Waals surface area contributed by atoms with Crippen molar-refractivity contribution >= 4 is 17.9 Å². The van der Waals surface area contributed by atoms with Gasteiger partial charge >= 0.3 is 17.9 Å². The normalized spacial score (nSPS) is 13.0. The Morgan fingerprint density at radius 2 is 0.772 bits per heavy atom. The average molecular weight is 791 g/mol. The molecule has 0 aliphatic heterocycles. The molecule has 57 heavy (non-hydrogen) atoms. The van der Waals surface area contributed by atoms with Gasteiger partial charge in [0, 0.05) is 19.3 Å². The molecule has 0 spiro atoms. The van der Waals surface area contributed by atoms with Crippen LogP contribution in [0.5, 0.6) is 0 Å². The van der Waals surface area contributed by atoms with Crippen LogP contribution >= 0.6 is 0 Å². The standard InChI is InChI=1S/C51H82O6/c1-4-7-10-13-16-19-21-23-24-25-26-27-28-30-32-35-38-41-44-50(53)56-47-48(46-55-49(52)43-40-37-34-31-18-15-12-9-6-3)57-51(54)45-42-39-36-33-29-22-20-17-14-11-8-5-2/h8,11,16-17,19-21,23-27,29,31,33-34,48H,4-7,9-10,12-15,18,22,28,30,32,35-47H2,1-3H3/b11-8-,19-16-,20-17-,23-21-,25-24-,27-26-,33-29-,34-31-. The van der Waals surface area contributed by atoms with E-state index >= 15 is 0 Å². The molecule has 322 valence electrons. The van der Waals surface area contributed by atoms with E-state index in [-0.39, 0.29) is 37.5 Å². The van der Waals surface area contributed by atoms with Gasteiger partial charge in [-0.2, -0.15) is 0 Å². The van der Waals surface area contributed by atoms with Crippen LogP contribution in [0, 0.1) is 0 Å². The Bertz CT molecular complexity index is 1180. The fraction of sp³-hybridized carbons (Fsp3) is 0.627. The van der Waals surface area contributed by atoms with Crippen molar-refractivity contribution in [3.05, 3.63) is 97.2 Å². The summed E-state index contributed by atoms with van der Waals surface area (Å²) in [5.74, 6) is -1.02. The molecule has 0 fully saturated rings. The predicted octanol–water partition coefficient (Wildman–Crippen LogP) is 14.6. The zero-order chi connectivity index (χ0) is 41.5. The molecule has 0 saturated heterocycles. The van der Waals surface area contributed by atoms with Gasteiger partial charge in [-0.05, 0) is 96.3 Å². The third kappa shape index (κ3) is 43.3. The summed E-state index contributed by atoms with van der Waals surface area (Å²) in [5, 5.41) is 0. The molecule has 1 atom stereocenters. The van der Waals surface area contributed by atoms with Crippen LogP contribution in [0.2, 0.25) is 0 Å². The van der Waals surface area contributed by atoms with Crippen LogP contribution in [0.4, 0.5) is 0 Å². The number of unbranched alkanes of at least 4 members (excludes halogenated alkanes) is 15. The monoisotopic (exact) mass is 791 g/mol. The highest BCUT2D eigenvalue weighted by Crippen LogP contribution is 2.11. The summed E-state index contributed by atoms with van der Waals surface area (Å²) in [6.45, 7) is 6.33. The Hall–Kier alpha value is -3.67. The quantitative estimate of drug-likeness (QED) is 0.0203. The SMILES string of the molecule is CC/C=C\C/C=C\C/C=C\CCCCC(=O)OC(COC(=O)CCC/C=C\CCCCCC)COC(=O)CCCCCCC\C=C/C=C\C=C/C=C\CCCCC. The first-order valence-electron chi connectivity index (χ1n) is 22.8. The second kappa shape index (κ2) is 45.0. The maximum Gasteiger partial charge on any atom is 0.306 e. The van der Waals surface area contributed by atoms with Crippen LogP contribution in [0.15, 0.2) is 97.2 Å². The van der Waals surface area contributed by atoms with Gasteiger partial charge in [-0.15, -0.1) is 0 Å². The molecule has 0 saturated carbocycles. The minimum absolute atomic E-state index is 0.116. The molecule has 0 rings (SSSR count). The third-order valence-electron chi connectivity index (χ3n) is 9.14. The molecular formula is C51H82O6. The van der Waals surface area contributed by atoms with Crippen molar-refractivity contribution in [3.8, 4) is 0 Å². The first-order chi connectivity index (χ1) is 28.0. The van der Waals surface area contributed by atoms with E-state index in [1.165, 1.54) is 44.9 Å². The van der Waals surface area contributed by atoms with E-state index in [2.05, 4.69) is 118 Å². The minimum atomic E-state index is -0.816. The Morgan fingerprint density at radius 3 is 1.39 bits per heavy atom. The van der Waals surface area contributed by atoms with E-state index in [0.29, 0.717) is 25.7 Å². The van der Waals surface area contributed by atoms with Crippen LogP contribution in [0.1, 0.15) is 188 Å². The van der Waals surface area contributed by atoms with Gasteiger partial charge in [0.15, 0.2) is 6.10 Å². The van der Waals surface area contributed by atoms with Gasteiger partial charge in [-0.3, -0.25) is 14.4 Å². The topological polar surface area (TPSA) is 78.9 Å². The fourth-order valence-corrected chi connectivity index (χ4v) is 5.70. The van der Waals surface area contributed by atoms with Crippen molar-refractivity contribution < 1.29 is 28.6 Å². The first-order valence-corrected chi connectivity index (χ1v) is 22.8. The van der Waals surface area contributed by atoms with E-state index in [1.807, 2.05) is 0 Å². The fourth-order valence-electron chi connectivity index (χ4n) is 5.70. The van der Waals surface area contributed by atoms with Gasteiger partial charge < -0.3 is 14.2 Å². The lowest BCUT2D eigenvalue weighted by molar-refractivity contribution is -0.167. The number of carbonyl (C=O) groups is 3. The molecular weight excluding hydrogens is 709 g/mol. The lowest BCUT2D eigenvalue weighted by Gasteiger charge is -2.18. The van der Waals surface area contributed by atoms with Crippen molar-refractivity contribution in [2.24, 2.45) is 0 Å². The van der Waals surface area contributed by atoms with Crippen LogP contribution in [0.3, 0.4) is 0 Å². The zero-order valence-electron chi connectivity index (χ0n) is 36.6. The second-order valence-corrected chi connectivity index (χ2v) is 14.7. The van der Waals surface area contributed by atoms with Crippen molar-refractivity contribution in [1.29, 1.82) is 0 Å². The molecule has 1 unspecified atom stereocenters. The molecule has 0 aliphatic carbocycles. The summed E-state index contributed by atoms with van der Waals surface area (Å²) in [5.41, 5.74) is 0. The van der Waals surface area contributed by atoms with Gasteiger partial charge in [-0.25, -0.2) is 0 Å². The number of allylic oxidation sites excluding steroid dienone is 16. The average Bonchev–Trinajstić information content (AvgIpc) is 3.21. The lowest BCUT2D eigenvalue weighted by atomic mass is 10.1. The summed E-state index contributed by atoms with van der Waals surface area (Å²) in [6, 6.07) is 0. The van der Waals surface area contributed by atoms with Gasteiger partial charge in [0.1, 0.15) is 13.2 Å². The van der Waals surface area contributed by atoms with Gasteiger partial charge in [0.2, 0.25) is 0 Å². The molecule has 0 aromatic heterocycles. The largest absolute Gasteiger partial charge is 0.462 e. The zero-order valence-corrected chi connectivity index (χ0v) is 36.6. The Labute approximate surface area is 349 Å². The van der Waals surface area contributed by atoms with Crippen LogP contribution in [-0.2, 0) is 28.6 Å². The highest BCUT2D eigenvalue weighted by molar-refractivity contribution is 5.71. The molecule has 0 N–H and O–H groups in total. The van der Waals surface area contributed by atoms with Crippen LogP contribution in [-0.4, -0.2) is 37.2 Å². The maximum absolute atomic E-state index is 12.7. The molecule has 6 heteroatoms. The predicted molar refractivity (Wildman–Crippen MR) is 242 cm³/mol. The second-order valence-electron chi connectivity index (χ2n) is 14.7. The number of carbonyl (C=O) groups excluding carboxylic acids is 3. The molecule has 0 radical (unpaired) electrons. The van der Waals surface area contributed by atoms with Crippen molar-refractivity contribution in [3.63, 3.8) is 0 Å². The van der Waals surface area contributed by atoms with E-state index < -0.39 is 6.10 Å². The summed E-state index contributed by atoms with van der Waals surface area (Å²) in [4.78, 5) is 37.7. The molecule has 0 bridgehead atoms. The van der Waals surface area contributed by atoms with E-state index in [1.54, 1.807) is 0 Å². The molecule has 0 aliphatic rings. The van der Waals surface area contributed by atoms with Gasteiger partial charge in [0.05, 0.1) is 0 Å². The summed E-state index contributed by atoms with van der Waals surface area (Å²) >= 11 is 0. The number of hydrogen-bond acceptors (Lipinski definition) is 6. The number of ether oxygens (including phenoxy) is 3. The van der Waals surface area contributed by atoms with Crippen molar-refractivity contribution in [2.45, 2.75) is 194 Å². The minimum Gasteiger partial charge on any atom is -0.462 e. The molecule has 0 amide bonds. The highest BCUT2D eigenvalue weighted by atomic mass is 16.6. The first kappa shape index (κ1) is 53.3. The molecule has 0 aromatic carbocycles. The number of hydrogen-bond donors (Lipinski definition) is 0. The smallest absolute Gasteiger partial charge is 0.306 e. The van der Waals surface area contributed by atoms with E-state index in [4.69, 9.17) is 14.2 Å². The van der Waals surface area contributed by atoms with Gasteiger partial charge in [-0.1, -0.05) is 169 Å². The van der Waals surface area contributed by atoms with E-state index in [0.717, 1.165) is 89.9 Å². The number of esters is 3. The summed E-state index contributed by atoms with van der Waals surface area (Å²) < 4.78 is 16.6. The van der Waals surface area contributed by atoms with Crippen molar-refractivity contribution in [2.75, 3.05) is 13.2 Å². The summed E-state index contributed by atoms with van der Waals surface area (Å²) in [6.07, 6.45) is 58.3. The molecule has 0 heterocycles. The maximum atomic E-state index is 12.7. The van der Waals surface area contributed by atoms with Crippen molar-refractivity contribution in [1.82, 2.24) is 0 Å².